The summed E-state index contributed by atoms with van der Waals surface area (Å²) in [7, 11) is 0. The van der Waals surface area contributed by atoms with Crippen LogP contribution in [0.25, 0.3) is 0 Å². The van der Waals surface area contributed by atoms with Crippen molar-refractivity contribution in [2.75, 3.05) is 5.32 Å². The number of nitrogens with zero attached hydrogens (tertiary/aromatic N) is 2. The number of hydrogen-bond acceptors (Lipinski definition) is 4. The molecule has 0 unspecified atom stereocenters. The molecule has 0 aliphatic rings. The van der Waals surface area contributed by atoms with Crippen LogP contribution in [0.1, 0.15) is 10.4 Å². The normalized spacial score (nSPS) is 10.1. The molecule has 0 atom stereocenters. The largest absolute Gasteiger partial charge is 0.316 e. The lowest BCUT2D eigenvalue weighted by Gasteiger charge is -2.06. The summed E-state index contributed by atoms with van der Waals surface area (Å²) >= 11 is 11.4. The number of benzene rings is 1. The van der Waals surface area contributed by atoms with Crippen molar-refractivity contribution in [2.24, 2.45) is 0 Å². The van der Waals surface area contributed by atoms with Gasteiger partial charge in [-0.3, -0.25) is 14.9 Å². The Bertz CT molecular complexity index is 674. The van der Waals surface area contributed by atoms with E-state index in [0.29, 0.717) is 0 Å². The van der Waals surface area contributed by atoms with E-state index in [4.69, 9.17) is 23.2 Å². The van der Waals surface area contributed by atoms with Crippen molar-refractivity contribution in [2.45, 2.75) is 0 Å². The number of hydrogen-bond donors (Lipinski definition) is 1. The van der Waals surface area contributed by atoms with Crippen LogP contribution in [-0.2, 0) is 0 Å². The highest BCUT2D eigenvalue weighted by atomic mass is 35.5. The number of halogens is 2. The van der Waals surface area contributed by atoms with Gasteiger partial charge in [-0.15, -0.1) is 0 Å². The van der Waals surface area contributed by atoms with Gasteiger partial charge in [0, 0.05) is 17.3 Å². The average Bonchev–Trinajstić information content (AvgIpc) is 2.39. The molecular weight excluding hydrogens is 305 g/mol. The fourth-order valence-electron chi connectivity index (χ4n) is 1.47. The van der Waals surface area contributed by atoms with E-state index in [1.807, 2.05) is 0 Å². The van der Waals surface area contributed by atoms with Crippen molar-refractivity contribution in [3.63, 3.8) is 0 Å². The number of anilines is 1. The summed E-state index contributed by atoms with van der Waals surface area (Å²) in [5.74, 6) is -0.542. The highest BCUT2D eigenvalue weighted by Gasteiger charge is 2.17. The second-order valence-corrected chi connectivity index (χ2v) is 4.57. The highest BCUT2D eigenvalue weighted by molar-refractivity contribution is 6.31. The summed E-state index contributed by atoms with van der Waals surface area (Å²) in [6.45, 7) is 0. The van der Waals surface area contributed by atoms with Gasteiger partial charge in [-0.2, -0.15) is 0 Å². The predicted molar refractivity (Wildman–Crippen MR) is 75.3 cm³/mol. The summed E-state index contributed by atoms with van der Waals surface area (Å²) in [4.78, 5) is 26.0. The monoisotopic (exact) mass is 311 g/mol. The van der Waals surface area contributed by atoms with Crippen LogP contribution in [0.4, 0.5) is 11.4 Å². The lowest BCUT2D eigenvalue weighted by Crippen LogP contribution is -2.13. The maximum absolute atomic E-state index is 12.0. The number of amides is 1. The third kappa shape index (κ3) is 3.23. The van der Waals surface area contributed by atoms with Gasteiger partial charge in [0.15, 0.2) is 0 Å². The van der Waals surface area contributed by atoms with Crippen molar-refractivity contribution in [3.05, 3.63) is 62.4 Å². The van der Waals surface area contributed by atoms with E-state index in [1.54, 1.807) is 0 Å². The van der Waals surface area contributed by atoms with Crippen LogP contribution < -0.4 is 5.32 Å². The zero-order chi connectivity index (χ0) is 14.7. The van der Waals surface area contributed by atoms with Gasteiger partial charge in [-0.25, -0.2) is 4.98 Å². The van der Waals surface area contributed by atoms with E-state index in [1.165, 1.54) is 36.5 Å². The topological polar surface area (TPSA) is 85.1 Å². The van der Waals surface area contributed by atoms with Crippen LogP contribution in [0.2, 0.25) is 10.2 Å². The number of aromatic nitrogens is 1. The van der Waals surface area contributed by atoms with E-state index < -0.39 is 10.8 Å². The maximum Gasteiger partial charge on any atom is 0.292 e. The van der Waals surface area contributed by atoms with Crippen molar-refractivity contribution >= 4 is 40.5 Å². The second-order valence-electron chi connectivity index (χ2n) is 3.74. The quantitative estimate of drug-likeness (QED) is 0.533. The zero-order valence-electron chi connectivity index (χ0n) is 9.84. The molecule has 6 nitrogen and oxygen atoms in total. The zero-order valence-corrected chi connectivity index (χ0v) is 11.4. The van der Waals surface area contributed by atoms with Gasteiger partial charge in [0.25, 0.3) is 11.6 Å². The first kappa shape index (κ1) is 14.2. The summed E-state index contributed by atoms with van der Waals surface area (Å²) in [6, 6.07) is 6.81. The Labute approximate surface area is 123 Å². The Hall–Kier alpha value is -2.18. The molecule has 0 radical (unpaired) electrons. The van der Waals surface area contributed by atoms with E-state index in [2.05, 4.69) is 10.3 Å². The number of nitrogens with one attached hydrogen (secondary N) is 1. The lowest BCUT2D eigenvalue weighted by atomic mass is 10.2. The second kappa shape index (κ2) is 5.85. The maximum atomic E-state index is 12.0. The number of pyridine rings is 1. The molecule has 1 aromatic carbocycles. The van der Waals surface area contributed by atoms with Crippen LogP contribution >= 0.6 is 23.2 Å². The molecule has 102 valence electrons. The van der Waals surface area contributed by atoms with Crippen LogP contribution in [-0.4, -0.2) is 15.8 Å². The molecule has 2 rings (SSSR count). The van der Waals surface area contributed by atoms with Gasteiger partial charge in [-0.1, -0.05) is 23.2 Å². The Balaban J connectivity index is 2.29. The van der Waals surface area contributed by atoms with Crippen LogP contribution in [0, 0.1) is 10.1 Å². The third-order valence-corrected chi connectivity index (χ3v) is 2.85. The fraction of sp³-hybridized carbons (Fsp3) is 0. The molecule has 1 aromatic heterocycles. The minimum atomic E-state index is -0.605. The van der Waals surface area contributed by atoms with Crippen LogP contribution in [0.3, 0.4) is 0 Å². The van der Waals surface area contributed by atoms with Gasteiger partial charge in [0.1, 0.15) is 10.8 Å². The molecule has 20 heavy (non-hydrogen) atoms. The minimum absolute atomic E-state index is 0.0162. The smallest absolute Gasteiger partial charge is 0.292 e. The molecule has 0 aliphatic carbocycles. The molecule has 0 fully saturated rings. The minimum Gasteiger partial charge on any atom is -0.316 e. The van der Waals surface area contributed by atoms with Gasteiger partial charge >= 0.3 is 0 Å². The first-order chi connectivity index (χ1) is 9.47. The van der Waals surface area contributed by atoms with Gasteiger partial charge in [0.2, 0.25) is 0 Å². The SMILES string of the molecule is O=C(Nc1cc(Cl)ccc1[N+](=O)[O-])c1ccc(Cl)nc1. The average molecular weight is 312 g/mol. The number of nitro groups is 1. The number of carbonyl (C=O) groups excluding carboxylic acids is 1. The van der Waals surface area contributed by atoms with Gasteiger partial charge in [0.05, 0.1) is 10.5 Å². The van der Waals surface area contributed by atoms with E-state index in [9.17, 15) is 14.9 Å². The number of carbonyl (C=O) groups is 1. The molecular formula is C12H7Cl2N3O3. The molecule has 8 heteroatoms. The lowest BCUT2D eigenvalue weighted by molar-refractivity contribution is -0.383. The molecule has 1 heterocycles. The summed E-state index contributed by atoms with van der Waals surface area (Å²) < 4.78 is 0. The molecule has 1 N–H and O–H groups in total. The molecule has 2 aromatic rings. The summed E-state index contributed by atoms with van der Waals surface area (Å²) in [6.07, 6.45) is 1.27. The first-order valence-corrected chi connectivity index (χ1v) is 6.10. The summed E-state index contributed by atoms with van der Waals surface area (Å²) in [5.41, 5.74) is -0.00389. The molecule has 1 amide bonds. The van der Waals surface area contributed by atoms with Gasteiger partial charge < -0.3 is 5.32 Å². The van der Waals surface area contributed by atoms with Crippen LogP contribution in [0.15, 0.2) is 36.5 Å². The number of rotatable bonds is 3. The van der Waals surface area contributed by atoms with Crippen LogP contribution in [0.5, 0.6) is 0 Å². The highest BCUT2D eigenvalue weighted by Crippen LogP contribution is 2.28. The fourth-order valence-corrected chi connectivity index (χ4v) is 1.76. The van der Waals surface area contributed by atoms with E-state index in [-0.39, 0.29) is 27.1 Å². The van der Waals surface area contributed by atoms with Crippen molar-refractivity contribution in [1.29, 1.82) is 0 Å². The Morgan fingerprint density at radius 1 is 1.25 bits per heavy atom. The van der Waals surface area contributed by atoms with Crippen molar-refractivity contribution in [3.8, 4) is 0 Å². The molecule has 0 aliphatic heterocycles. The number of nitro benzene ring substituents is 1. The molecule has 0 saturated carbocycles. The first-order valence-electron chi connectivity index (χ1n) is 5.34. The van der Waals surface area contributed by atoms with Gasteiger partial charge in [-0.05, 0) is 24.3 Å². The van der Waals surface area contributed by atoms with E-state index >= 15 is 0 Å². The summed E-state index contributed by atoms with van der Waals surface area (Å²) in [5, 5.41) is 13.8. The Morgan fingerprint density at radius 2 is 2.00 bits per heavy atom. The molecule has 0 saturated heterocycles. The Morgan fingerprint density at radius 3 is 2.60 bits per heavy atom. The standard InChI is InChI=1S/C12H7Cl2N3O3/c13-8-2-3-10(17(19)20)9(5-8)16-12(18)7-1-4-11(14)15-6-7/h1-6H,(H,16,18). The van der Waals surface area contributed by atoms with Crippen molar-refractivity contribution < 1.29 is 9.72 Å². The van der Waals surface area contributed by atoms with Crippen molar-refractivity contribution in [1.82, 2.24) is 4.98 Å². The third-order valence-electron chi connectivity index (χ3n) is 2.39. The Kier molecular flexibility index (Phi) is 4.16. The molecule has 0 bridgehead atoms. The van der Waals surface area contributed by atoms with E-state index in [0.717, 1.165) is 0 Å². The predicted octanol–water partition coefficient (Wildman–Crippen LogP) is 3.55. The molecule has 0 spiro atoms.